The number of rotatable bonds is 2. The SMILES string of the molecule is CN=c1c2c(N3CC4C=CCC(N)C4C3)c(F)cc3c(=O)c(OC(=O)O)c4scc1n4c32. The number of halogens is 1. The third kappa shape index (κ3) is 2.41. The lowest BCUT2D eigenvalue weighted by Crippen LogP contribution is -2.36. The molecule has 10 heteroatoms. The summed E-state index contributed by atoms with van der Waals surface area (Å²) in [5, 5.41) is 12.1. The molecule has 1 aromatic carbocycles. The number of nitrogens with zero attached hydrogens (tertiary/aromatic N) is 3. The van der Waals surface area contributed by atoms with E-state index in [2.05, 4.69) is 17.1 Å². The molecule has 2 aliphatic rings. The van der Waals surface area contributed by atoms with Gasteiger partial charge in [-0.3, -0.25) is 14.2 Å². The zero-order chi connectivity index (χ0) is 22.3. The van der Waals surface area contributed by atoms with Gasteiger partial charge in [0.15, 0.2) is 0 Å². The first-order valence-corrected chi connectivity index (χ1v) is 11.2. The number of anilines is 1. The van der Waals surface area contributed by atoms with E-state index >= 15 is 4.39 Å². The zero-order valence-electron chi connectivity index (χ0n) is 17.0. The molecule has 4 heterocycles. The van der Waals surface area contributed by atoms with Crippen LogP contribution in [0.2, 0.25) is 0 Å². The third-order valence-corrected chi connectivity index (χ3v) is 7.72. The van der Waals surface area contributed by atoms with Crippen LogP contribution >= 0.6 is 11.3 Å². The average molecular weight is 454 g/mol. The van der Waals surface area contributed by atoms with Crippen molar-refractivity contribution in [3.63, 3.8) is 0 Å². The van der Waals surface area contributed by atoms with Gasteiger partial charge in [-0.05, 0) is 18.4 Å². The molecule has 1 fully saturated rings. The van der Waals surface area contributed by atoms with Gasteiger partial charge in [-0.25, -0.2) is 9.18 Å². The molecule has 3 aromatic heterocycles. The van der Waals surface area contributed by atoms with Gasteiger partial charge in [0, 0.05) is 37.5 Å². The summed E-state index contributed by atoms with van der Waals surface area (Å²) >= 11 is 1.19. The first-order chi connectivity index (χ1) is 15.4. The van der Waals surface area contributed by atoms with E-state index in [1.807, 2.05) is 4.90 Å². The Morgan fingerprint density at radius 3 is 2.94 bits per heavy atom. The number of carboxylic acid groups (broad SMARTS) is 1. The number of benzene rings is 1. The summed E-state index contributed by atoms with van der Waals surface area (Å²) in [7, 11) is 1.63. The number of thiazole rings is 1. The molecule has 32 heavy (non-hydrogen) atoms. The lowest BCUT2D eigenvalue weighted by molar-refractivity contribution is 0.144. The molecule has 1 aliphatic carbocycles. The maximum absolute atomic E-state index is 15.7. The van der Waals surface area contributed by atoms with Crippen LogP contribution in [0.4, 0.5) is 14.9 Å². The molecular weight excluding hydrogens is 435 g/mol. The number of aromatic nitrogens is 1. The summed E-state index contributed by atoms with van der Waals surface area (Å²) in [4.78, 5) is 31.1. The summed E-state index contributed by atoms with van der Waals surface area (Å²) < 4.78 is 22.2. The van der Waals surface area contributed by atoms with Crippen molar-refractivity contribution < 1.29 is 19.0 Å². The van der Waals surface area contributed by atoms with Gasteiger partial charge in [0.1, 0.15) is 10.6 Å². The van der Waals surface area contributed by atoms with Crippen LogP contribution in [0.3, 0.4) is 0 Å². The van der Waals surface area contributed by atoms with Crippen molar-refractivity contribution in [2.24, 2.45) is 22.6 Å². The molecule has 3 atom stereocenters. The fourth-order valence-corrected chi connectivity index (χ4v) is 6.44. The van der Waals surface area contributed by atoms with Crippen molar-refractivity contribution in [2.45, 2.75) is 12.5 Å². The molecule has 3 N–H and O–H groups in total. The first kappa shape index (κ1) is 19.4. The number of nitrogens with two attached hydrogens (primary N) is 1. The highest BCUT2D eigenvalue weighted by molar-refractivity contribution is 7.16. The van der Waals surface area contributed by atoms with Gasteiger partial charge in [0.2, 0.25) is 11.2 Å². The van der Waals surface area contributed by atoms with Gasteiger partial charge in [0.25, 0.3) is 0 Å². The van der Waals surface area contributed by atoms with E-state index in [4.69, 9.17) is 15.6 Å². The molecule has 0 bridgehead atoms. The highest BCUT2D eigenvalue weighted by atomic mass is 32.1. The number of ether oxygens (including phenoxy) is 1. The molecular formula is C22H19FN4O4S. The molecule has 3 unspecified atom stereocenters. The predicted molar refractivity (Wildman–Crippen MR) is 120 cm³/mol. The Balaban J connectivity index is 1.68. The predicted octanol–water partition coefficient (Wildman–Crippen LogP) is 2.61. The number of carbonyl (C=O) groups is 1. The maximum atomic E-state index is 15.7. The van der Waals surface area contributed by atoms with Crippen molar-refractivity contribution >= 4 is 49.8 Å². The number of pyridine rings is 1. The highest BCUT2D eigenvalue weighted by Gasteiger charge is 2.39. The van der Waals surface area contributed by atoms with Gasteiger partial charge >= 0.3 is 6.16 Å². The van der Waals surface area contributed by atoms with Crippen LogP contribution in [0.15, 0.2) is 33.4 Å². The Morgan fingerprint density at radius 1 is 1.41 bits per heavy atom. The van der Waals surface area contributed by atoms with Gasteiger partial charge < -0.3 is 20.5 Å². The third-order valence-electron chi connectivity index (χ3n) is 6.78. The Hall–Kier alpha value is -3.24. The molecule has 6 rings (SSSR count). The first-order valence-electron chi connectivity index (χ1n) is 10.3. The van der Waals surface area contributed by atoms with Crippen LogP contribution in [-0.2, 0) is 0 Å². The smallest absolute Gasteiger partial charge is 0.449 e. The lowest BCUT2D eigenvalue weighted by atomic mass is 9.83. The maximum Gasteiger partial charge on any atom is 0.511 e. The van der Waals surface area contributed by atoms with E-state index in [1.54, 1.807) is 16.8 Å². The van der Waals surface area contributed by atoms with Crippen LogP contribution in [-0.4, -0.2) is 41.8 Å². The van der Waals surface area contributed by atoms with E-state index in [-0.39, 0.29) is 29.0 Å². The number of hydrogen-bond acceptors (Lipinski definition) is 7. The second-order valence-corrected chi connectivity index (χ2v) is 9.26. The second kappa shape index (κ2) is 6.63. The summed E-state index contributed by atoms with van der Waals surface area (Å²) in [5.74, 6) is -0.391. The minimum absolute atomic E-state index is 0.0256. The van der Waals surface area contributed by atoms with Crippen molar-refractivity contribution in [1.82, 2.24) is 4.40 Å². The van der Waals surface area contributed by atoms with Crippen molar-refractivity contribution in [2.75, 3.05) is 25.0 Å². The number of hydrogen-bond donors (Lipinski definition) is 2. The van der Waals surface area contributed by atoms with Gasteiger partial charge in [-0.15, -0.1) is 11.3 Å². The minimum Gasteiger partial charge on any atom is -0.449 e. The van der Waals surface area contributed by atoms with E-state index in [0.717, 1.165) is 6.42 Å². The molecule has 164 valence electrons. The Labute approximate surface area is 184 Å². The number of fused-ring (bicyclic) bond motifs is 1. The normalized spacial score (nSPS) is 23.8. The van der Waals surface area contributed by atoms with Gasteiger partial charge in [-0.1, -0.05) is 12.2 Å². The Bertz CT molecular complexity index is 1560. The van der Waals surface area contributed by atoms with Gasteiger partial charge in [0.05, 0.1) is 32.9 Å². The molecule has 0 amide bonds. The molecule has 1 saturated heterocycles. The van der Waals surface area contributed by atoms with Gasteiger partial charge in [-0.2, -0.15) is 0 Å². The lowest BCUT2D eigenvalue weighted by Gasteiger charge is -2.25. The fraction of sp³-hybridized carbons (Fsp3) is 0.318. The molecule has 0 saturated carbocycles. The molecule has 1 aliphatic heterocycles. The van der Waals surface area contributed by atoms with Crippen LogP contribution in [0, 0.1) is 17.7 Å². The van der Waals surface area contributed by atoms with Crippen LogP contribution in [0.25, 0.3) is 26.6 Å². The molecule has 8 nitrogen and oxygen atoms in total. The highest BCUT2D eigenvalue weighted by Crippen LogP contribution is 2.41. The van der Waals surface area contributed by atoms with Crippen LogP contribution in [0.1, 0.15) is 6.42 Å². The van der Waals surface area contributed by atoms with E-state index in [9.17, 15) is 9.59 Å². The topological polar surface area (TPSA) is 110 Å². The molecule has 0 radical (unpaired) electrons. The Morgan fingerprint density at radius 2 is 2.22 bits per heavy atom. The van der Waals surface area contributed by atoms with Crippen molar-refractivity contribution in [3.05, 3.63) is 45.0 Å². The van der Waals surface area contributed by atoms with E-state index < -0.39 is 17.4 Å². The minimum atomic E-state index is -1.59. The van der Waals surface area contributed by atoms with E-state index in [1.165, 1.54) is 17.4 Å². The van der Waals surface area contributed by atoms with Crippen LogP contribution in [0.5, 0.6) is 5.75 Å². The molecule has 0 spiro atoms. The monoisotopic (exact) mass is 454 g/mol. The Kier molecular flexibility index (Phi) is 4.03. The summed E-state index contributed by atoms with van der Waals surface area (Å²) in [6, 6.07) is 1.22. The van der Waals surface area contributed by atoms with Crippen molar-refractivity contribution in [3.8, 4) is 5.75 Å². The zero-order valence-corrected chi connectivity index (χ0v) is 17.9. The van der Waals surface area contributed by atoms with Crippen molar-refractivity contribution in [1.29, 1.82) is 0 Å². The molecule has 4 aromatic rings. The van der Waals surface area contributed by atoms with Crippen LogP contribution < -0.4 is 26.2 Å². The van der Waals surface area contributed by atoms with E-state index in [0.29, 0.717) is 45.4 Å². The largest absolute Gasteiger partial charge is 0.511 e. The standard InChI is InChI=1S/C22H19FN4O4S/c1-25-16-14-8-32-21-20(31-22(29)30)19(28)10-5-12(23)18(15(16)17(10)27(14)21)26-6-9-3-2-4-13(24)11(9)7-26/h2-3,5,8-9,11,13H,4,6-7,24H2,1H3,(H,29,30). The average Bonchev–Trinajstić information content (AvgIpc) is 3.44. The quantitative estimate of drug-likeness (QED) is 0.356. The summed E-state index contributed by atoms with van der Waals surface area (Å²) in [6.07, 6.45) is 3.47. The summed E-state index contributed by atoms with van der Waals surface area (Å²) in [5.41, 5.74) is 7.31. The fourth-order valence-electron chi connectivity index (χ4n) is 5.46. The second-order valence-electron chi connectivity index (χ2n) is 8.40. The summed E-state index contributed by atoms with van der Waals surface area (Å²) in [6.45, 7) is 1.25.